The van der Waals surface area contributed by atoms with E-state index in [2.05, 4.69) is 4.98 Å². The zero-order valence-electron chi connectivity index (χ0n) is 19.9. The number of rotatable bonds is 6. The van der Waals surface area contributed by atoms with Crippen LogP contribution in [0.2, 0.25) is 5.02 Å². The summed E-state index contributed by atoms with van der Waals surface area (Å²) in [6, 6.07) is 2.91. The largest absolute Gasteiger partial charge is 0.460 e. The van der Waals surface area contributed by atoms with Gasteiger partial charge in [-0.3, -0.25) is 4.79 Å². The third-order valence-corrected chi connectivity index (χ3v) is 7.03. The molecule has 2 N–H and O–H groups in total. The average molecular weight is 512 g/mol. The van der Waals surface area contributed by atoms with Crippen LogP contribution in [-0.2, 0) is 15.1 Å². The molecule has 2 fully saturated rings. The second-order valence-corrected chi connectivity index (χ2v) is 11.0. The zero-order valence-corrected chi connectivity index (χ0v) is 20.6. The van der Waals surface area contributed by atoms with Gasteiger partial charge in [0.05, 0.1) is 23.1 Å². The number of halogens is 4. The predicted molar refractivity (Wildman–Crippen MR) is 124 cm³/mol. The molecule has 0 saturated heterocycles. The highest BCUT2D eigenvalue weighted by Crippen LogP contribution is 2.48. The minimum atomic E-state index is -1.73. The van der Waals surface area contributed by atoms with Crippen molar-refractivity contribution in [2.45, 2.75) is 70.0 Å². The first-order chi connectivity index (χ1) is 16.3. The molecule has 1 aromatic carbocycles. The van der Waals surface area contributed by atoms with Gasteiger partial charge in [0.15, 0.2) is 5.82 Å². The lowest BCUT2D eigenvalue weighted by Crippen LogP contribution is -2.30. The van der Waals surface area contributed by atoms with Crippen LogP contribution in [0.25, 0.3) is 11.3 Å². The fourth-order valence-corrected chi connectivity index (χ4v) is 4.96. The summed E-state index contributed by atoms with van der Waals surface area (Å²) < 4.78 is 49.9. The first-order valence-electron chi connectivity index (χ1n) is 11.7. The van der Waals surface area contributed by atoms with Gasteiger partial charge in [-0.2, -0.15) is 0 Å². The predicted octanol–water partition coefficient (Wildman–Crippen LogP) is 5.63. The van der Waals surface area contributed by atoms with Crippen molar-refractivity contribution in [3.8, 4) is 11.3 Å². The summed E-state index contributed by atoms with van der Waals surface area (Å²) in [6.45, 7) is 4.96. The molecule has 2 saturated carbocycles. The van der Waals surface area contributed by atoms with E-state index in [4.69, 9.17) is 16.3 Å². The van der Waals surface area contributed by atoms with E-state index in [0.717, 1.165) is 18.9 Å². The van der Waals surface area contributed by atoms with Gasteiger partial charge in [-0.1, -0.05) is 11.6 Å². The maximum Gasteiger partial charge on any atom is 0.309 e. The Hall–Kier alpha value is -2.16. The van der Waals surface area contributed by atoms with Crippen molar-refractivity contribution in [1.29, 1.82) is 0 Å². The lowest BCUT2D eigenvalue weighted by molar-refractivity contribution is -0.160. The van der Waals surface area contributed by atoms with Crippen molar-refractivity contribution in [3.05, 3.63) is 51.9 Å². The molecule has 1 unspecified atom stereocenters. The smallest absolute Gasteiger partial charge is 0.309 e. The molecule has 0 radical (unpaired) electrons. The van der Waals surface area contributed by atoms with E-state index in [1.165, 1.54) is 6.07 Å². The van der Waals surface area contributed by atoms with Crippen molar-refractivity contribution in [2.24, 2.45) is 11.8 Å². The van der Waals surface area contributed by atoms with Crippen LogP contribution in [0, 0.1) is 29.3 Å². The van der Waals surface area contributed by atoms with Crippen LogP contribution in [0.15, 0.2) is 18.2 Å². The van der Waals surface area contributed by atoms with Crippen molar-refractivity contribution in [3.63, 3.8) is 0 Å². The van der Waals surface area contributed by atoms with Gasteiger partial charge in [-0.05, 0) is 70.9 Å². The summed E-state index contributed by atoms with van der Waals surface area (Å²) in [5.41, 5.74) is -3.06. The minimum absolute atomic E-state index is 0.0800. The van der Waals surface area contributed by atoms with E-state index in [9.17, 15) is 23.8 Å². The first kappa shape index (κ1) is 25.9. The summed E-state index contributed by atoms with van der Waals surface area (Å²) in [4.78, 5) is 16.9. The number of benzene rings is 1. The summed E-state index contributed by atoms with van der Waals surface area (Å²) in [5, 5.41) is 21.1. The molecule has 1 heterocycles. The Balaban J connectivity index is 1.80. The first-order valence-corrected chi connectivity index (χ1v) is 12.1. The number of esters is 1. The summed E-state index contributed by atoms with van der Waals surface area (Å²) in [5.74, 6) is -4.45. The molecule has 190 valence electrons. The fraction of sp³-hybridized carbons (Fsp3) is 0.538. The van der Waals surface area contributed by atoms with Gasteiger partial charge in [-0.15, -0.1) is 0 Å². The molecule has 35 heavy (non-hydrogen) atoms. The normalized spacial score (nSPS) is 23.4. The molecule has 2 aliphatic carbocycles. The number of hydrogen-bond acceptors (Lipinski definition) is 5. The van der Waals surface area contributed by atoms with Crippen LogP contribution >= 0.6 is 11.6 Å². The number of aliphatic hydroxyl groups excluding tert-OH is 1. The standard InChI is InChI=1S/C26H29ClF3NO4/c1-25(2,3)35-24(33)14-6-7-26(34,11-14)17-9-21(16(12-32)13-4-5-13)31-23(22(17)30)15-8-18(27)20(29)10-19(15)28/h8-10,13-14,16,32,34H,4-7,11-12H2,1-3H3/t14-,16+,26?/m1/s1. The summed E-state index contributed by atoms with van der Waals surface area (Å²) >= 11 is 5.85. The Morgan fingerprint density at radius 1 is 1.20 bits per heavy atom. The SMILES string of the molecule is CC(C)(C)OC(=O)[C@@H]1CCC(O)(c2cc([C@@H](CO)C3CC3)nc(-c3cc(Cl)c(F)cc3F)c2F)C1. The number of aromatic nitrogens is 1. The number of hydrogen-bond donors (Lipinski definition) is 2. The monoisotopic (exact) mass is 511 g/mol. The van der Waals surface area contributed by atoms with E-state index in [1.54, 1.807) is 20.8 Å². The minimum Gasteiger partial charge on any atom is -0.460 e. The van der Waals surface area contributed by atoms with Crippen LogP contribution in [0.1, 0.15) is 70.1 Å². The van der Waals surface area contributed by atoms with Crippen molar-refractivity contribution >= 4 is 17.6 Å². The lowest BCUT2D eigenvalue weighted by Gasteiger charge is -2.27. The number of nitrogens with zero attached hydrogens (tertiary/aromatic N) is 1. The number of carbonyl (C=O) groups excluding carboxylic acids is 1. The third-order valence-electron chi connectivity index (χ3n) is 6.74. The van der Waals surface area contributed by atoms with Crippen LogP contribution in [0.4, 0.5) is 13.2 Å². The molecule has 9 heteroatoms. The fourth-order valence-electron chi connectivity index (χ4n) is 4.80. The van der Waals surface area contributed by atoms with Gasteiger partial charge in [0.1, 0.15) is 22.9 Å². The highest BCUT2D eigenvalue weighted by atomic mass is 35.5. The second kappa shape index (κ2) is 9.37. The molecule has 0 spiro atoms. The Kier molecular flexibility index (Phi) is 6.94. The molecule has 0 aliphatic heterocycles. The number of pyridine rings is 1. The second-order valence-electron chi connectivity index (χ2n) is 10.6. The molecular formula is C26H29ClF3NO4. The van der Waals surface area contributed by atoms with Crippen LogP contribution < -0.4 is 0 Å². The van der Waals surface area contributed by atoms with E-state index in [-0.39, 0.29) is 42.9 Å². The van der Waals surface area contributed by atoms with E-state index in [1.807, 2.05) is 0 Å². The van der Waals surface area contributed by atoms with E-state index >= 15 is 4.39 Å². The lowest BCUT2D eigenvalue weighted by atomic mass is 9.87. The topological polar surface area (TPSA) is 79.7 Å². The Bertz CT molecular complexity index is 1150. The molecule has 5 nitrogen and oxygen atoms in total. The molecule has 0 bridgehead atoms. The number of ether oxygens (including phenoxy) is 1. The van der Waals surface area contributed by atoms with Crippen molar-refractivity contribution < 1.29 is 32.9 Å². The third kappa shape index (κ3) is 5.34. The molecule has 1 aromatic heterocycles. The molecular weight excluding hydrogens is 483 g/mol. The molecule has 4 rings (SSSR count). The van der Waals surface area contributed by atoms with E-state index < -0.39 is 57.2 Å². The maximum atomic E-state index is 15.9. The highest BCUT2D eigenvalue weighted by Gasteiger charge is 2.46. The molecule has 2 aliphatic rings. The van der Waals surface area contributed by atoms with E-state index in [0.29, 0.717) is 11.8 Å². The quantitative estimate of drug-likeness (QED) is 0.388. The Morgan fingerprint density at radius 3 is 2.49 bits per heavy atom. The molecule has 0 amide bonds. The van der Waals surface area contributed by atoms with Crippen LogP contribution in [0.3, 0.4) is 0 Å². The van der Waals surface area contributed by atoms with Gasteiger partial charge < -0.3 is 14.9 Å². The van der Waals surface area contributed by atoms with Gasteiger partial charge in [0.2, 0.25) is 0 Å². The van der Waals surface area contributed by atoms with Crippen molar-refractivity contribution in [2.75, 3.05) is 6.61 Å². The zero-order chi connectivity index (χ0) is 25.7. The number of aliphatic hydroxyl groups is 2. The van der Waals surface area contributed by atoms with Crippen LogP contribution in [-0.4, -0.2) is 33.4 Å². The molecule has 2 aromatic rings. The van der Waals surface area contributed by atoms with Gasteiger partial charge in [0.25, 0.3) is 0 Å². The number of carbonyl (C=O) groups is 1. The summed E-state index contributed by atoms with van der Waals surface area (Å²) in [6.07, 6.45) is 1.99. The Labute approximate surface area is 207 Å². The van der Waals surface area contributed by atoms with Crippen LogP contribution in [0.5, 0.6) is 0 Å². The average Bonchev–Trinajstić information content (AvgIpc) is 3.51. The molecule has 3 atom stereocenters. The maximum absolute atomic E-state index is 15.9. The summed E-state index contributed by atoms with van der Waals surface area (Å²) in [7, 11) is 0. The van der Waals surface area contributed by atoms with Gasteiger partial charge in [0, 0.05) is 28.8 Å². The van der Waals surface area contributed by atoms with Crippen molar-refractivity contribution in [1.82, 2.24) is 4.98 Å². The van der Waals surface area contributed by atoms with Gasteiger partial charge in [-0.25, -0.2) is 18.2 Å². The highest BCUT2D eigenvalue weighted by molar-refractivity contribution is 6.31. The Morgan fingerprint density at radius 2 is 1.89 bits per heavy atom. The van der Waals surface area contributed by atoms with Gasteiger partial charge >= 0.3 is 5.97 Å².